The summed E-state index contributed by atoms with van der Waals surface area (Å²) in [7, 11) is 0. The molecule has 0 saturated carbocycles. The zero-order chi connectivity index (χ0) is 26.0. The van der Waals surface area contributed by atoms with Crippen LogP contribution in [0.1, 0.15) is 32.1 Å². The summed E-state index contributed by atoms with van der Waals surface area (Å²) in [4.78, 5) is 34.8. The van der Waals surface area contributed by atoms with Crippen LogP contribution in [0.5, 0.6) is 17.2 Å². The van der Waals surface area contributed by atoms with Crippen molar-refractivity contribution in [2.24, 2.45) is 0 Å². The molecule has 0 unspecified atom stereocenters. The number of nitrogens with one attached hydrogen (secondary N) is 1. The summed E-state index contributed by atoms with van der Waals surface area (Å²) in [6, 6.07) is 9.75. The summed E-state index contributed by atoms with van der Waals surface area (Å²) >= 11 is 0. The minimum absolute atomic E-state index is 0.0256. The molecule has 1 heterocycles. The molecule has 35 heavy (non-hydrogen) atoms. The number of fused-ring (bicyclic) bond motifs is 1. The highest BCUT2D eigenvalue weighted by molar-refractivity contribution is 5.82. The van der Waals surface area contributed by atoms with Crippen molar-refractivity contribution in [2.45, 2.75) is 32.4 Å². The summed E-state index contributed by atoms with van der Waals surface area (Å²) in [6.45, 7) is 4.56. The molecule has 0 aliphatic heterocycles. The maximum Gasteiger partial charge on any atom is 0.453 e. The monoisotopic (exact) mass is 492 g/mol. The molecule has 1 aromatic heterocycles. The molecule has 0 aliphatic carbocycles. The van der Waals surface area contributed by atoms with Crippen LogP contribution in [0.4, 0.5) is 13.2 Å². The van der Waals surface area contributed by atoms with Crippen molar-refractivity contribution in [1.29, 1.82) is 0 Å². The average molecular weight is 492 g/mol. The highest BCUT2D eigenvalue weighted by atomic mass is 19.4. The van der Waals surface area contributed by atoms with Crippen molar-refractivity contribution < 1.29 is 41.8 Å². The predicted octanol–water partition coefficient (Wildman–Crippen LogP) is 3.15. The van der Waals surface area contributed by atoms with Gasteiger partial charge in [-0.25, -0.2) is 0 Å². The zero-order valence-electron chi connectivity index (χ0n) is 18.9. The molecule has 0 bridgehead atoms. The van der Waals surface area contributed by atoms with Gasteiger partial charge in [-0.1, -0.05) is 32.9 Å². The summed E-state index contributed by atoms with van der Waals surface area (Å²) < 4.78 is 56.7. The lowest BCUT2D eigenvalue weighted by Crippen LogP contribution is -2.39. The van der Waals surface area contributed by atoms with E-state index in [1.54, 1.807) is 12.1 Å². The van der Waals surface area contributed by atoms with E-state index < -0.39 is 53.7 Å². The second-order valence-electron chi connectivity index (χ2n) is 8.56. The molecular weight excluding hydrogens is 471 g/mol. The van der Waals surface area contributed by atoms with Crippen LogP contribution in [0, 0.1) is 0 Å². The van der Waals surface area contributed by atoms with Crippen LogP contribution < -0.4 is 25.3 Å². The zero-order valence-corrected chi connectivity index (χ0v) is 18.9. The number of hydrogen-bond donors (Lipinski definition) is 1. The lowest BCUT2D eigenvalue weighted by atomic mass is 9.87. The molecule has 11 heteroatoms. The van der Waals surface area contributed by atoms with Crippen molar-refractivity contribution in [3.63, 3.8) is 0 Å². The molecule has 0 spiro atoms. The van der Waals surface area contributed by atoms with Gasteiger partial charge in [0, 0.05) is 6.07 Å². The number of benzene rings is 2. The first kappa shape index (κ1) is 25.6. The van der Waals surface area contributed by atoms with Gasteiger partial charge in [0.25, 0.3) is 11.7 Å². The van der Waals surface area contributed by atoms with E-state index in [0.717, 1.165) is 11.6 Å². The first-order chi connectivity index (χ1) is 16.3. The van der Waals surface area contributed by atoms with E-state index >= 15 is 0 Å². The summed E-state index contributed by atoms with van der Waals surface area (Å²) in [6.07, 6.45) is -5.05. The van der Waals surface area contributed by atoms with Gasteiger partial charge in [0.1, 0.15) is 17.1 Å². The number of carboxylic acid groups (broad SMARTS) is 1. The number of alkyl halides is 3. The van der Waals surface area contributed by atoms with E-state index in [9.17, 15) is 32.7 Å². The number of aliphatic carboxylic acids is 1. The molecule has 2 aromatic carbocycles. The van der Waals surface area contributed by atoms with Crippen LogP contribution in [0.3, 0.4) is 0 Å². The molecule has 1 N–H and O–H groups in total. The smallest absolute Gasteiger partial charge is 0.453 e. The van der Waals surface area contributed by atoms with Crippen molar-refractivity contribution in [1.82, 2.24) is 5.32 Å². The van der Waals surface area contributed by atoms with E-state index in [0.29, 0.717) is 0 Å². The molecule has 3 rings (SSSR count). The molecular formula is C24H21F3NO7-. The topological polar surface area (TPSA) is 118 Å². The fraction of sp³-hybridized carbons (Fsp3) is 0.292. The molecule has 0 atom stereocenters. The van der Waals surface area contributed by atoms with E-state index in [2.05, 4.69) is 0 Å². The third kappa shape index (κ3) is 6.31. The van der Waals surface area contributed by atoms with E-state index in [4.69, 9.17) is 13.9 Å². The highest BCUT2D eigenvalue weighted by Gasteiger charge is 2.40. The Morgan fingerprint density at radius 1 is 1.03 bits per heavy atom. The second-order valence-corrected chi connectivity index (χ2v) is 8.56. The summed E-state index contributed by atoms with van der Waals surface area (Å²) in [5, 5.41) is 12.2. The fourth-order valence-corrected chi connectivity index (χ4v) is 3.04. The fourth-order valence-electron chi connectivity index (χ4n) is 3.04. The number of rotatable bonds is 7. The molecule has 0 radical (unpaired) electrons. The molecule has 8 nitrogen and oxygen atoms in total. The normalized spacial score (nSPS) is 11.8. The first-order valence-corrected chi connectivity index (χ1v) is 10.3. The number of carbonyl (C=O) groups is 2. The predicted molar refractivity (Wildman–Crippen MR) is 116 cm³/mol. The summed E-state index contributed by atoms with van der Waals surface area (Å²) in [5.74, 6) is -4.99. The highest BCUT2D eigenvalue weighted by Crippen LogP contribution is 2.39. The van der Waals surface area contributed by atoms with E-state index in [-0.39, 0.29) is 22.3 Å². The molecule has 0 aliphatic rings. The largest absolute Gasteiger partial charge is 0.548 e. The number of halogens is 3. The van der Waals surface area contributed by atoms with Gasteiger partial charge in [0.15, 0.2) is 6.61 Å². The standard InChI is InChI=1S/C24H22F3NO7/c1-23(2,3)13-4-6-14(7-5-13)34-21-20(32)16-9-8-15(33-12-18(29)28-11-19(30)31)10-17(16)35-22(21)24(25,26)27/h4-10H,11-12H2,1-3H3,(H,28,29)(H,30,31)/p-1. The van der Waals surface area contributed by atoms with Gasteiger partial charge in [0.05, 0.1) is 17.9 Å². The Labute approximate surface area is 197 Å². The van der Waals surface area contributed by atoms with Crippen molar-refractivity contribution in [3.8, 4) is 17.2 Å². The van der Waals surface area contributed by atoms with Gasteiger partial charge >= 0.3 is 6.18 Å². The van der Waals surface area contributed by atoms with Gasteiger partial charge in [-0.2, -0.15) is 13.2 Å². The minimum atomic E-state index is -5.05. The van der Waals surface area contributed by atoms with E-state index in [1.807, 2.05) is 26.1 Å². The number of ether oxygens (including phenoxy) is 2. The van der Waals surface area contributed by atoms with Gasteiger partial charge in [-0.15, -0.1) is 0 Å². The van der Waals surface area contributed by atoms with Crippen LogP contribution in [0.15, 0.2) is 51.7 Å². The molecule has 186 valence electrons. The van der Waals surface area contributed by atoms with Crippen LogP contribution in [0.25, 0.3) is 11.0 Å². The molecule has 0 fully saturated rings. The Bertz CT molecular complexity index is 1310. The molecule has 0 saturated heterocycles. The van der Waals surface area contributed by atoms with Crippen molar-refractivity contribution >= 4 is 22.8 Å². The quantitative estimate of drug-likeness (QED) is 0.538. The third-order valence-electron chi connectivity index (χ3n) is 4.82. The van der Waals surface area contributed by atoms with Crippen LogP contribution >= 0.6 is 0 Å². The van der Waals surface area contributed by atoms with Gasteiger partial charge < -0.3 is 29.1 Å². The van der Waals surface area contributed by atoms with Gasteiger partial charge in [-0.3, -0.25) is 9.59 Å². The Balaban J connectivity index is 1.94. The molecule has 1 amide bonds. The third-order valence-corrected chi connectivity index (χ3v) is 4.82. The Kier molecular flexibility index (Phi) is 7.09. The second kappa shape index (κ2) is 9.69. The van der Waals surface area contributed by atoms with Crippen LogP contribution in [-0.4, -0.2) is 25.0 Å². The summed E-state index contributed by atoms with van der Waals surface area (Å²) in [5.41, 5.74) is -0.750. The SMILES string of the molecule is CC(C)(C)c1ccc(Oc2c(C(F)(F)F)oc3cc(OCC(=O)NCC(=O)[O-])ccc3c2=O)cc1. The number of amides is 1. The first-order valence-electron chi connectivity index (χ1n) is 10.3. The molecule has 3 aromatic rings. The maximum absolute atomic E-state index is 13.7. The Hall–Kier alpha value is -4.02. The van der Waals surface area contributed by atoms with Crippen LogP contribution in [-0.2, 0) is 21.2 Å². The Morgan fingerprint density at radius 2 is 1.66 bits per heavy atom. The van der Waals surface area contributed by atoms with E-state index in [1.165, 1.54) is 24.3 Å². The Morgan fingerprint density at radius 3 is 2.23 bits per heavy atom. The van der Waals surface area contributed by atoms with Gasteiger partial charge in [-0.05, 0) is 35.2 Å². The van der Waals surface area contributed by atoms with Crippen molar-refractivity contribution in [2.75, 3.05) is 13.2 Å². The number of carboxylic acids is 1. The lowest BCUT2D eigenvalue weighted by molar-refractivity contribution is -0.304. The minimum Gasteiger partial charge on any atom is -0.548 e. The number of hydrogen-bond acceptors (Lipinski definition) is 7. The average Bonchev–Trinajstić information content (AvgIpc) is 2.77. The van der Waals surface area contributed by atoms with Gasteiger partial charge in [0.2, 0.25) is 11.2 Å². The van der Waals surface area contributed by atoms with Crippen LogP contribution in [0.2, 0.25) is 0 Å². The number of carbonyl (C=O) groups excluding carboxylic acids is 2. The van der Waals surface area contributed by atoms with Crippen molar-refractivity contribution in [3.05, 3.63) is 64.0 Å². The lowest BCUT2D eigenvalue weighted by Gasteiger charge is -2.19. The maximum atomic E-state index is 13.7.